The van der Waals surface area contributed by atoms with E-state index in [1.54, 1.807) is 12.1 Å². The maximum Gasteiger partial charge on any atom is 0.127 e. The Balaban J connectivity index is 1.65. The Hall–Kier alpha value is -2.68. The predicted molar refractivity (Wildman–Crippen MR) is 83.0 cm³/mol. The number of aromatic hydroxyl groups is 1. The monoisotopic (exact) mass is 280 g/mol. The van der Waals surface area contributed by atoms with Crippen LogP contribution >= 0.6 is 0 Å². The van der Waals surface area contributed by atoms with Crippen molar-refractivity contribution in [3.63, 3.8) is 0 Å². The van der Waals surface area contributed by atoms with Crippen molar-refractivity contribution in [3.8, 4) is 17.2 Å². The number of para-hydroxylation sites is 1. The molecule has 0 aromatic heterocycles. The molecule has 0 spiro atoms. The highest BCUT2D eigenvalue weighted by atomic mass is 16.5. The molecule has 3 aromatic rings. The van der Waals surface area contributed by atoms with Crippen molar-refractivity contribution in [2.75, 3.05) is 13.2 Å². The van der Waals surface area contributed by atoms with Gasteiger partial charge in [0.15, 0.2) is 0 Å². The van der Waals surface area contributed by atoms with E-state index in [1.807, 2.05) is 54.6 Å². The molecule has 0 amide bonds. The smallest absolute Gasteiger partial charge is 0.127 e. The average molecular weight is 280 g/mol. The zero-order valence-corrected chi connectivity index (χ0v) is 11.5. The summed E-state index contributed by atoms with van der Waals surface area (Å²) in [6.45, 7) is 0.920. The molecule has 0 saturated carbocycles. The van der Waals surface area contributed by atoms with E-state index in [4.69, 9.17) is 9.47 Å². The molecule has 1 N–H and O–H groups in total. The van der Waals surface area contributed by atoms with Gasteiger partial charge in [0.1, 0.15) is 30.5 Å². The third kappa shape index (κ3) is 3.08. The van der Waals surface area contributed by atoms with Crippen molar-refractivity contribution in [2.45, 2.75) is 0 Å². The maximum absolute atomic E-state index is 9.84. The van der Waals surface area contributed by atoms with Crippen LogP contribution in [0.1, 0.15) is 0 Å². The lowest BCUT2D eigenvalue weighted by molar-refractivity contribution is 0.218. The molecule has 3 aromatic carbocycles. The highest BCUT2D eigenvalue weighted by Gasteiger charge is 2.05. The summed E-state index contributed by atoms with van der Waals surface area (Å²) in [7, 11) is 0. The van der Waals surface area contributed by atoms with Gasteiger partial charge in [-0.3, -0.25) is 0 Å². The van der Waals surface area contributed by atoms with Crippen LogP contribution in [0.25, 0.3) is 10.8 Å². The quantitative estimate of drug-likeness (QED) is 0.718. The first kappa shape index (κ1) is 13.3. The molecule has 0 fully saturated rings. The van der Waals surface area contributed by atoms with E-state index in [9.17, 15) is 5.11 Å². The van der Waals surface area contributed by atoms with Gasteiger partial charge in [0, 0.05) is 10.8 Å². The summed E-state index contributed by atoms with van der Waals surface area (Å²) in [5.74, 6) is 1.84. The van der Waals surface area contributed by atoms with E-state index in [-0.39, 0.29) is 5.75 Å². The van der Waals surface area contributed by atoms with Crippen LogP contribution in [0.2, 0.25) is 0 Å². The van der Waals surface area contributed by atoms with Crippen LogP contribution in [0, 0.1) is 0 Å². The third-order valence-electron chi connectivity index (χ3n) is 3.21. The van der Waals surface area contributed by atoms with Gasteiger partial charge in [0.05, 0.1) is 0 Å². The number of benzene rings is 3. The summed E-state index contributed by atoms with van der Waals surface area (Å²) in [4.78, 5) is 0. The predicted octanol–water partition coefficient (Wildman–Crippen LogP) is 4.00. The van der Waals surface area contributed by atoms with Gasteiger partial charge in [-0.1, -0.05) is 42.5 Å². The lowest BCUT2D eigenvalue weighted by Gasteiger charge is -2.11. The average Bonchev–Trinajstić information content (AvgIpc) is 2.55. The first-order valence-corrected chi connectivity index (χ1v) is 6.86. The van der Waals surface area contributed by atoms with Crippen LogP contribution in [0.3, 0.4) is 0 Å². The Morgan fingerprint density at radius 1 is 0.667 bits per heavy atom. The van der Waals surface area contributed by atoms with E-state index in [0.29, 0.717) is 13.2 Å². The fourth-order valence-corrected chi connectivity index (χ4v) is 2.21. The number of fused-ring (bicyclic) bond motifs is 1. The normalized spacial score (nSPS) is 10.5. The fraction of sp³-hybridized carbons (Fsp3) is 0.111. The molecular weight excluding hydrogens is 264 g/mol. The van der Waals surface area contributed by atoms with Crippen molar-refractivity contribution in [2.24, 2.45) is 0 Å². The van der Waals surface area contributed by atoms with Gasteiger partial charge in [0.25, 0.3) is 0 Å². The molecule has 0 bridgehead atoms. The minimum atomic E-state index is 0.262. The molecule has 0 saturated heterocycles. The summed E-state index contributed by atoms with van der Waals surface area (Å²) in [5.41, 5.74) is 0. The second kappa shape index (κ2) is 6.18. The zero-order valence-electron chi connectivity index (χ0n) is 11.5. The molecule has 0 aliphatic rings. The SMILES string of the molecule is Oc1ccc(OCCOc2ccccc2)c2ccccc12. The molecule has 21 heavy (non-hydrogen) atoms. The number of hydrogen-bond donors (Lipinski definition) is 1. The van der Waals surface area contributed by atoms with Gasteiger partial charge in [-0.15, -0.1) is 0 Å². The van der Waals surface area contributed by atoms with Crippen LogP contribution < -0.4 is 9.47 Å². The van der Waals surface area contributed by atoms with Crippen LogP contribution in [0.5, 0.6) is 17.2 Å². The topological polar surface area (TPSA) is 38.7 Å². The molecule has 3 heteroatoms. The van der Waals surface area contributed by atoms with Crippen molar-refractivity contribution in [1.29, 1.82) is 0 Å². The Kier molecular flexibility index (Phi) is 3.92. The number of phenolic OH excluding ortho intramolecular Hbond substituents is 1. The number of hydrogen-bond acceptors (Lipinski definition) is 3. The number of ether oxygens (including phenoxy) is 2. The lowest BCUT2D eigenvalue weighted by Crippen LogP contribution is -2.09. The Bertz CT molecular complexity index is 723. The van der Waals surface area contributed by atoms with Crippen molar-refractivity contribution >= 4 is 10.8 Å². The lowest BCUT2D eigenvalue weighted by atomic mass is 10.1. The van der Waals surface area contributed by atoms with Crippen LogP contribution in [-0.2, 0) is 0 Å². The molecular formula is C18H16O3. The van der Waals surface area contributed by atoms with Crippen molar-refractivity contribution < 1.29 is 14.6 Å². The summed E-state index contributed by atoms with van der Waals surface area (Å²) < 4.78 is 11.3. The largest absolute Gasteiger partial charge is 0.507 e. The van der Waals surface area contributed by atoms with Gasteiger partial charge in [0.2, 0.25) is 0 Å². The van der Waals surface area contributed by atoms with Gasteiger partial charge < -0.3 is 14.6 Å². The second-order valence-electron chi connectivity index (χ2n) is 4.64. The summed E-state index contributed by atoms with van der Waals surface area (Å²) in [5, 5.41) is 11.5. The minimum Gasteiger partial charge on any atom is -0.507 e. The highest BCUT2D eigenvalue weighted by Crippen LogP contribution is 2.32. The van der Waals surface area contributed by atoms with Gasteiger partial charge in [-0.2, -0.15) is 0 Å². The van der Waals surface area contributed by atoms with Crippen LogP contribution in [-0.4, -0.2) is 18.3 Å². The fourth-order valence-electron chi connectivity index (χ4n) is 2.21. The molecule has 0 unspecified atom stereocenters. The maximum atomic E-state index is 9.84. The molecule has 0 heterocycles. The van der Waals surface area contributed by atoms with E-state index in [0.717, 1.165) is 22.3 Å². The summed E-state index contributed by atoms with van der Waals surface area (Å²) >= 11 is 0. The minimum absolute atomic E-state index is 0.262. The number of phenols is 1. The van der Waals surface area contributed by atoms with Crippen molar-refractivity contribution in [3.05, 3.63) is 66.7 Å². The first-order valence-electron chi connectivity index (χ1n) is 6.86. The van der Waals surface area contributed by atoms with Gasteiger partial charge >= 0.3 is 0 Å². The van der Waals surface area contributed by atoms with E-state index in [2.05, 4.69) is 0 Å². The van der Waals surface area contributed by atoms with Crippen LogP contribution in [0.15, 0.2) is 66.7 Å². The van der Waals surface area contributed by atoms with Crippen molar-refractivity contribution in [1.82, 2.24) is 0 Å². The molecule has 106 valence electrons. The molecule has 0 aliphatic carbocycles. The standard InChI is InChI=1S/C18H16O3/c19-17-10-11-18(16-9-5-4-8-15(16)17)21-13-12-20-14-6-2-1-3-7-14/h1-11,19H,12-13H2. The van der Waals surface area contributed by atoms with E-state index >= 15 is 0 Å². The zero-order chi connectivity index (χ0) is 14.5. The molecule has 0 radical (unpaired) electrons. The molecule has 3 nitrogen and oxygen atoms in total. The summed E-state index contributed by atoms with van der Waals surface area (Å²) in [6.07, 6.45) is 0. The number of rotatable bonds is 5. The van der Waals surface area contributed by atoms with E-state index < -0.39 is 0 Å². The molecule has 3 rings (SSSR count). The molecule has 0 aliphatic heterocycles. The first-order chi connectivity index (χ1) is 10.3. The Morgan fingerprint density at radius 3 is 2.14 bits per heavy atom. The summed E-state index contributed by atoms with van der Waals surface area (Å²) in [6, 6.07) is 20.7. The second-order valence-corrected chi connectivity index (χ2v) is 4.64. The van der Waals surface area contributed by atoms with E-state index in [1.165, 1.54) is 0 Å². The van der Waals surface area contributed by atoms with Gasteiger partial charge in [-0.05, 0) is 24.3 Å². The van der Waals surface area contributed by atoms with Crippen LogP contribution in [0.4, 0.5) is 0 Å². The third-order valence-corrected chi connectivity index (χ3v) is 3.21. The Labute approximate surface area is 123 Å². The highest BCUT2D eigenvalue weighted by molar-refractivity contribution is 5.92. The molecule has 0 atom stereocenters. The van der Waals surface area contributed by atoms with Gasteiger partial charge in [-0.25, -0.2) is 0 Å². The Morgan fingerprint density at radius 2 is 1.33 bits per heavy atom.